The third kappa shape index (κ3) is 3.83. The number of aromatic nitrogens is 1. The minimum atomic E-state index is -0.559. The average molecular weight is 471 g/mol. The van der Waals surface area contributed by atoms with Crippen molar-refractivity contribution in [1.29, 1.82) is 0 Å². The molecular weight excluding hydrogens is 447 g/mol. The van der Waals surface area contributed by atoms with Crippen molar-refractivity contribution < 1.29 is 13.9 Å². The Balaban J connectivity index is 1.63. The van der Waals surface area contributed by atoms with E-state index >= 15 is 4.39 Å². The number of carbonyl (C=O) groups is 1. The molecule has 9 heteroatoms. The Morgan fingerprint density at radius 2 is 1.88 bits per heavy atom. The van der Waals surface area contributed by atoms with E-state index in [0.29, 0.717) is 47.4 Å². The predicted molar refractivity (Wildman–Crippen MR) is 127 cm³/mol. The molecule has 1 fully saturated rings. The van der Waals surface area contributed by atoms with E-state index in [4.69, 9.17) is 16.3 Å². The molecule has 3 aromatic rings. The van der Waals surface area contributed by atoms with E-state index in [-0.39, 0.29) is 17.0 Å². The molecule has 0 bridgehead atoms. The minimum absolute atomic E-state index is 0.0519. The zero-order valence-electron chi connectivity index (χ0n) is 18.4. The molecule has 2 aliphatic rings. The van der Waals surface area contributed by atoms with Crippen LogP contribution in [0.3, 0.4) is 0 Å². The normalized spacial score (nSPS) is 18.3. The molecule has 7 nitrogen and oxygen atoms in total. The number of nitrogens with zero attached hydrogens (tertiary/aromatic N) is 3. The van der Waals surface area contributed by atoms with Crippen LogP contribution in [-0.2, 0) is 0 Å². The van der Waals surface area contributed by atoms with E-state index in [0.717, 1.165) is 13.1 Å². The van der Waals surface area contributed by atoms with Crippen LogP contribution in [0.5, 0.6) is 5.75 Å². The monoisotopic (exact) mass is 470 g/mol. The number of nitrogens with one attached hydrogen (secondary N) is 1. The molecule has 1 saturated heterocycles. The fourth-order valence-electron chi connectivity index (χ4n) is 4.43. The number of piperazine rings is 1. The molecule has 0 radical (unpaired) electrons. The van der Waals surface area contributed by atoms with Crippen molar-refractivity contribution in [2.75, 3.05) is 50.1 Å². The maximum Gasteiger partial charge on any atom is 0.261 e. The van der Waals surface area contributed by atoms with E-state index < -0.39 is 17.2 Å². The second-order valence-electron chi connectivity index (χ2n) is 8.62. The SMILES string of the molecule is C[C@H]1COc2c(N3CCN(C)CC3)c(F)cc3c(=O)c(C(=O)Nc4ccc(Cl)cc4)cn1c23. The Hall–Kier alpha value is -3.10. The lowest BCUT2D eigenvalue weighted by Gasteiger charge is -2.37. The zero-order valence-corrected chi connectivity index (χ0v) is 19.2. The fourth-order valence-corrected chi connectivity index (χ4v) is 4.56. The Bertz CT molecular complexity index is 1300. The van der Waals surface area contributed by atoms with Crippen LogP contribution in [0.4, 0.5) is 15.8 Å². The van der Waals surface area contributed by atoms with Gasteiger partial charge >= 0.3 is 0 Å². The lowest BCUT2D eigenvalue weighted by atomic mass is 10.0. The Morgan fingerprint density at radius 1 is 1.18 bits per heavy atom. The lowest BCUT2D eigenvalue weighted by Crippen LogP contribution is -2.45. The number of carbonyl (C=O) groups excluding carboxylic acids is 1. The van der Waals surface area contributed by atoms with Gasteiger partial charge in [0.05, 0.1) is 16.9 Å². The number of likely N-dealkylation sites (N-methyl/N-ethyl adjacent to an activating group) is 1. The molecule has 5 rings (SSSR count). The van der Waals surface area contributed by atoms with Gasteiger partial charge in [0.1, 0.15) is 17.9 Å². The fraction of sp³-hybridized carbons (Fsp3) is 0.333. The predicted octanol–water partition coefficient (Wildman–Crippen LogP) is 3.75. The van der Waals surface area contributed by atoms with Crippen LogP contribution >= 0.6 is 11.6 Å². The van der Waals surface area contributed by atoms with Crippen molar-refractivity contribution in [2.45, 2.75) is 13.0 Å². The Kier molecular flexibility index (Phi) is 5.50. The second kappa shape index (κ2) is 8.35. The molecule has 172 valence electrons. The number of ether oxygens (including phenoxy) is 1. The molecule has 2 aromatic carbocycles. The van der Waals surface area contributed by atoms with Crippen molar-refractivity contribution in [3.8, 4) is 5.75 Å². The van der Waals surface area contributed by atoms with Crippen molar-refractivity contribution >= 4 is 39.8 Å². The smallest absolute Gasteiger partial charge is 0.261 e. The Morgan fingerprint density at radius 3 is 2.58 bits per heavy atom. The van der Waals surface area contributed by atoms with Gasteiger partial charge in [0, 0.05) is 43.1 Å². The Labute approximate surface area is 195 Å². The van der Waals surface area contributed by atoms with Gasteiger partial charge < -0.3 is 24.4 Å². The third-order valence-corrected chi connectivity index (χ3v) is 6.56. The summed E-state index contributed by atoms with van der Waals surface area (Å²) in [6.45, 7) is 5.20. The van der Waals surface area contributed by atoms with Crippen LogP contribution in [-0.4, -0.2) is 55.2 Å². The highest BCUT2D eigenvalue weighted by atomic mass is 35.5. The van der Waals surface area contributed by atoms with Gasteiger partial charge in [-0.15, -0.1) is 0 Å². The summed E-state index contributed by atoms with van der Waals surface area (Å²) in [5.41, 5.74) is 0.835. The molecule has 0 unspecified atom stereocenters. The summed E-state index contributed by atoms with van der Waals surface area (Å²) in [4.78, 5) is 30.4. The summed E-state index contributed by atoms with van der Waals surface area (Å²) in [5, 5.41) is 3.40. The summed E-state index contributed by atoms with van der Waals surface area (Å²) < 4.78 is 23.2. The third-order valence-electron chi connectivity index (χ3n) is 6.31. The van der Waals surface area contributed by atoms with Crippen molar-refractivity contribution in [2.24, 2.45) is 0 Å². The summed E-state index contributed by atoms with van der Waals surface area (Å²) in [6, 6.07) is 7.71. The number of hydrogen-bond donors (Lipinski definition) is 1. The number of halogens is 2. The van der Waals surface area contributed by atoms with Gasteiger partial charge in [0.2, 0.25) is 5.43 Å². The van der Waals surface area contributed by atoms with Gasteiger partial charge in [-0.1, -0.05) is 11.6 Å². The molecule has 0 aliphatic carbocycles. The molecule has 1 atom stereocenters. The molecule has 1 amide bonds. The second-order valence-corrected chi connectivity index (χ2v) is 9.06. The van der Waals surface area contributed by atoms with Crippen molar-refractivity contribution in [3.05, 3.63) is 63.2 Å². The number of hydrogen-bond acceptors (Lipinski definition) is 5. The lowest BCUT2D eigenvalue weighted by molar-refractivity contribution is 0.102. The molecule has 0 saturated carbocycles. The maximum atomic E-state index is 15.4. The highest BCUT2D eigenvalue weighted by Crippen LogP contribution is 2.42. The zero-order chi connectivity index (χ0) is 23.3. The van der Waals surface area contributed by atoms with E-state index in [9.17, 15) is 9.59 Å². The van der Waals surface area contributed by atoms with Crippen molar-refractivity contribution in [1.82, 2.24) is 9.47 Å². The quantitative estimate of drug-likeness (QED) is 0.631. The number of rotatable bonds is 3. The number of benzene rings is 2. The average Bonchev–Trinajstić information content (AvgIpc) is 2.79. The summed E-state index contributed by atoms with van der Waals surface area (Å²) in [6.07, 6.45) is 1.55. The first-order chi connectivity index (χ1) is 15.8. The molecule has 1 aromatic heterocycles. The van der Waals surface area contributed by atoms with Crippen LogP contribution in [0.25, 0.3) is 10.9 Å². The minimum Gasteiger partial charge on any atom is -0.487 e. The highest BCUT2D eigenvalue weighted by molar-refractivity contribution is 6.30. The first-order valence-electron chi connectivity index (χ1n) is 10.9. The highest BCUT2D eigenvalue weighted by Gasteiger charge is 2.31. The maximum absolute atomic E-state index is 15.4. The molecule has 1 N–H and O–H groups in total. The van der Waals surface area contributed by atoms with Gasteiger partial charge in [-0.05, 0) is 44.3 Å². The molecular formula is C24H24ClFN4O3. The summed E-state index contributed by atoms with van der Waals surface area (Å²) >= 11 is 5.90. The summed E-state index contributed by atoms with van der Waals surface area (Å²) in [5.74, 6) is -0.707. The number of anilines is 2. The first-order valence-corrected chi connectivity index (χ1v) is 11.3. The van der Waals surface area contributed by atoms with E-state index in [1.807, 2.05) is 23.4 Å². The van der Waals surface area contributed by atoms with Crippen LogP contribution in [0, 0.1) is 5.82 Å². The first kappa shape index (κ1) is 21.7. The molecule has 0 spiro atoms. The molecule has 33 heavy (non-hydrogen) atoms. The van der Waals surface area contributed by atoms with E-state index in [1.165, 1.54) is 6.07 Å². The van der Waals surface area contributed by atoms with Crippen LogP contribution in [0.1, 0.15) is 23.3 Å². The molecule has 2 aliphatic heterocycles. The largest absolute Gasteiger partial charge is 0.487 e. The van der Waals surface area contributed by atoms with Gasteiger partial charge in [-0.25, -0.2) is 4.39 Å². The van der Waals surface area contributed by atoms with Gasteiger partial charge in [0.15, 0.2) is 11.6 Å². The summed E-state index contributed by atoms with van der Waals surface area (Å²) in [7, 11) is 2.03. The van der Waals surface area contributed by atoms with E-state index in [1.54, 1.807) is 30.5 Å². The van der Waals surface area contributed by atoms with E-state index in [2.05, 4.69) is 10.2 Å². The van der Waals surface area contributed by atoms with Crippen LogP contribution in [0.15, 0.2) is 41.3 Å². The van der Waals surface area contributed by atoms with Gasteiger partial charge in [-0.2, -0.15) is 0 Å². The van der Waals surface area contributed by atoms with Gasteiger partial charge in [0.25, 0.3) is 5.91 Å². The van der Waals surface area contributed by atoms with Crippen molar-refractivity contribution in [3.63, 3.8) is 0 Å². The van der Waals surface area contributed by atoms with Crippen LogP contribution in [0.2, 0.25) is 5.02 Å². The topological polar surface area (TPSA) is 66.8 Å². The van der Waals surface area contributed by atoms with Gasteiger partial charge in [-0.3, -0.25) is 9.59 Å². The number of pyridine rings is 1. The number of amides is 1. The van der Waals surface area contributed by atoms with Crippen LogP contribution < -0.4 is 20.4 Å². The standard InChI is InChI=1S/C24H24ClFN4O3/c1-14-13-33-23-20-17(11-19(26)21(23)29-9-7-28(2)8-10-29)22(31)18(12-30(14)20)24(32)27-16-5-3-15(25)4-6-16/h3-6,11-12,14H,7-10,13H2,1-2H3,(H,27,32)/t14-/m0/s1. The molecule has 3 heterocycles.